The first-order valence-electron chi connectivity index (χ1n) is 9.27. The molecule has 4 aromatic carbocycles. The van der Waals surface area contributed by atoms with Gasteiger partial charge in [-0.2, -0.15) is 0 Å². The van der Waals surface area contributed by atoms with E-state index in [2.05, 4.69) is 72.8 Å². The van der Waals surface area contributed by atoms with Gasteiger partial charge < -0.3 is 5.11 Å². The summed E-state index contributed by atoms with van der Waals surface area (Å²) in [6, 6.07) is 35.2. The fraction of sp³-hybridized carbons (Fsp3) is 0.0769. The van der Waals surface area contributed by atoms with Crippen LogP contribution in [0.1, 0.15) is 22.3 Å². The number of aromatic hydroxyl groups is 1. The van der Waals surface area contributed by atoms with Crippen LogP contribution >= 0.6 is 0 Å². The molecule has 0 saturated carbocycles. The van der Waals surface area contributed by atoms with Crippen molar-refractivity contribution in [1.82, 2.24) is 0 Å². The summed E-state index contributed by atoms with van der Waals surface area (Å²) < 4.78 is 0. The summed E-state index contributed by atoms with van der Waals surface area (Å²) in [6.07, 6.45) is 1.74. The molecule has 0 fully saturated rings. The van der Waals surface area contributed by atoms with E-state index in [1.807, 2.05) is 24.3 Å². The normalized spacial score (nSPS) is 10.7. The van der Waals surface area contributed by atoms with Gasteiger partial charge in [0.05, 0.1) is 0 Å². The first-order chi connectivity index (χ1) is 13.3. The van der Waals surface area contributed by atoms with Crippen molar-refractivity contribution >= 4 is 0 Å². The second-order valence-electron chi connectivity index (χ2n) is 6.83. The van der Waals surface area contributed by atoms with Crippen molar-refractivity contribution in [1.29, 1.82) is 0 Å². The smallest absolute Gasteiger partial charge is 0.116 e. The highest BCUT2D eigenvalue weighted by Gasteiger charge is 2.12. The Morgan fingerprint density at radius 3 is 1.56 bits per heavy atom. The van der Waals surface area contributed by atoms with Crippen molar-refractivity contribution in [3.8, 4) is 16.9 Å². The van der Waals surface area contributed by atoms with Crippen molar-refractivity contribution in [2.75, 3.05) is 0 Å². The van der Waals surface area contributed by atoms with E-state index in [0.717, 1.165) is 18.4 Å². The van der Waals surface area contributed by atoms with E-state index in [-0.39, 0.29) is 0 Å². The fourth-order valence-electron chi connectivity index (χ4n) is 3.61. The van der Waals surface area contributed by atoms with Gasteiger partial charge in [-0.05, 0) is 58.4 Å². The molecule has 0 aromatic heterocycles. The third-order valence-electron chi connectivity index (χ3n) is 4.85. The molecular weight excluding hydrogens is 328 g/mol. The third-order valence-corrected chi connectivity index (χ3v) is 4.85. The molecule has 0 saturated heterocycles. The maximum atomic E-state index is 10.0. The Balaban J connectivity index is 1.82. The Hall–Kier alpha value is -3.32. The molecule has 0 spiro atoms. The van der Waals surface area contributed by atoms with Crippen LogP contribution in [0.4, 0.5) is 0 Å². The number of phenolic OH excluding ortho intramolecular Hbond substituents is 1. The van der Waals surface area contributed by atoms with Crippen molar-refractivity contribution in [2.45, 2.75) is 12.8 Å². The lowest BCUT2D eigenvalue weighted by Gasteiger charge is -2.16. The molecule has 27 heavy (non-hydrogen) atoms. The molecule has 0 atom stereocenters. The van der Waals surface area contributed by atoms with Crippen LogP contribution in [0.5, 0.6) is 5.75 Å². The second kappa shape index (κ2) is 7.92. The average Bonchev–Trinajstić information content (AvgIpc) is 2.70. The monoisotopic (exact) mass is 350 g/mol. The third kappa shape index (κ3) is 4.09. The van der Waals surface area contributed by atoms with E-state index in [1.54, 1.807) is 6.07 Å². The Kier molecular flexibility index (Phi) is 5.02. The highest BCUT2D eigenvalue weighted by molar-refractivity contribution is 5.73. The minimum Gasteiger partial charge on any atom is -0.508 e. The van der Waals surface area contributed by atoms with Gasteiger partial charge in [0, 0.05) is 0 Å². The standard InChI is InChI=1S/C26H22O/c27-25-16-8-15-24(19-25)26-22(17-20-9-3-1-4-10-20)13-7-14-23(26)18-21-11-5-2-6-12-21/h1-16,19,27H,17-18H2. The number of phenols is 1. The first-order valence-corrected chi connectivity index (χ1v) is 9.27. The van der Waals surface area contributed by atoms with Crippen molar-refractivity contribution in [3.05, 3.63) is 125 Å². The molecule has 0 aliphatic rings. The van der Waals surface area contributed by atoms with Gasteiger partial charge in [-0.3, -0.25) is 0 Å². The van der Waals surface area contributed by atoms with Crippen LogP contribution in [0.3, 0.4) is 0 Å². The Labute approximate surface area is 160 Å². The van der Waals surface area contributed by atoms with Gasteiger partial charge >= 0.3 is 0 Å². The van der Waals surface area contributed by atoms with Crippen LogP contribution in [0.25, 0.3) is 11.1 Å². The maximum absolute atomic E-state index is 10.0. The lowest BCUT2D eigenvalue weighted by atomic mass is 9.88. The summed E-state index contributed by atoms with van der Waals surface area (Å²) in [5, 5.41) is 10.0. The highest BCUT2D eigenvalue weighted by Crippen LogP contribution is 2.32. The summed E-state index contributed by atoms with van der Waals surface area (Å²) in [4.78, 5) is 0. The summed E-state index contributed by atoms with van der Waals surface area (Å²) in [6.45, 7) is 0. The van der Waals surface area contributed by atoms with Gasteiger partial charge in [0.2, 0.25) is 0 Å². The van der Waals surface area contributed by atoms with E-state index in [4.69, 9.17) is 0 Å². The number of rotatable bonds is 5. The molecule has 0 unspecified atom stereocenters. The molecule has 1 nitrogen and oxygen atoms in total. The summed E-state index contributed by atoms with van der Waals surface area (Å²) in [7, 11) is 0. The molecule has 132 valence electrons. The van der Waals surface area contributed by atoms with Crippen LogP contribution in [0.15, 0.2) is 103 Å². The van der Waals surface area contributed by atoms with E-state index in [9.17, 15) is 5.11 Å². The number of hydrogen-bond donors (Lipinski definition) is 1. The quantitative estimate of drug-likeness (QED) is 0.451. The molecule has 0 aliphatic carbocycles. The minimum absolute atomic E-state index is 0.299. The number of hydrogen-bond acceptors (Lipinski definition) is 1. The van der Waals surface area contributed by atoms with Crippen molar-refractivity contribution in [2.24, 2.45) is 0 Å². The SMILES string of the molecule is Oc1cccc(-c2c(Cc3ccccc3)cccc2Cc2ccccc2)c1. The van der Waals surface area contributed by atoms with Gasteiger partial charge in [-0.25, -0.2) is 0 Å². The zero-order valence-corrected chi connectivity index (χ0v) is 15.2. The molecule has 1 heteroatoms. The Bertz CT molecular complexity index is 961. The fourth-order valence-corrected chi connectivity index (χ4v) is 3.61. The lowest BCUT2D eigenvalue weighted by molar-refractivity contribution is 0.475. The van der Waals surface area contributed by atoms with Crippen LogP contribution in [-0.4, -0.2) is 5.11 Å². The zero-order chi connectivity index (χ0) is 18.5. The average molecular weight is 350 g/mol. The molecule has 4 rings (SSSR count). The molecule has 0 aliphatic heterocycles. The van der Waals surface area contributed by atoms with Crippen LogP contribution in [0, 0.1) is 0 Å². The predicted molar refractivity (Wildman–Crippen MR) is 112 cm³/mol. The van der Waals surface area contributed by atoms with Crippen LogP contribution < -0.4 is 0 Å². The van der Waals surface area contributed by atoms with Gasteiger partial charge in [-0.1, -0.05) is 91.0 Å². The second-order valence-corrected chi connectivity index (χ2v) is 6.83. The van der Waals surface area contributed by atoms with Gasteiger partial charge in [0.15, 0.2) is 0 Å². The summed E-state index contributed by atoms with van der Waals surface area (Å²) >= 11 is 0. The summed E-state index contributed by atoms with van der Waals surface area (Å²) in [5.41, 5.74) is 7.42. The molecule has 0 bridgehead atoms. The van der Waals surface area contributed by atoms with E-state index in [0.29, 0.717) is 5.75 Å². The van der Waals surface area contributed by atoms with Crippen molar-refractivity contribution in [3.63, 3.8) is 0 Å². The molecule has 4 aromatic rings. The predicted octanol–water partition coefficient (Wildman–Crippen LogP) is 6.24. The van der Waals surface area contributed by atoms with Gasteiger partial charge in [-0.15, -0.1) is 0 Å². The maximum Gasteiger partial charge on any atom is 0.116 e. The van der Waals surface area contributed by atoms with E-state index in [1.165, 1.54) is 27.8 Å². The molecule has 0 radical (unpaired) electrons. The van der Waals surface area contributed by atoms with Crippen molar-refractivity contribution < 1.29 is 5.11 Å². The molecule has 0 amide bonds. The number of benzene rings is 4. The molecule has 1 N–H and O–H groups in total. The Morgan fingerprint density at radius 2 is 1.04 bits per heavy atom. The van der Waals surface area contributed by atoms with Crippen LogP contribution in [-0.2, 0) is 12.8 Å². The highest BCUT2D eigenvalue weighted by atomic mass is 16.3. The van der Waals surface area contributed by atoms with E-state index < -0.39 is 0 Å². The summed E-state index contributed by atoms with van der Waals surface area (Å²) in [5.74, 6) is 0.299. The largest absolute Gasteiger partial charge is 0.508 e. The van der Waals surface area contributed by atoms with Gasteiger partial charge in [0.25, 0.3) is 0 Å². The minimum atomic E-state index is 0.299. The lowest BCUT2D eigenvalue weighted by Crippen LogP contribution is -1.99. The van der Waals surface area contributed by atoms with Gasteiger partial charge in [0.1, 0.15) is 5.75 Å². The Morgan fingerprint density at radius 1 is 0.519 bits per heavy atom. The first kappa shape index (κ1) is 17.1. The molecule has 0 heterocycles. The van der Waals surface area contributed by atoms with E-state index >= 15 is 0 Å². The molecular formula is C26H22O. The topological polar surface area (TPSA) is 20.2 Å². The zero-order valence-electron chi connectivity index (χ0n) is 15.2. The van der Waals surface area contributed by atoms with Crippen LogP contribution in [0.2, 0.25) is 0 Å².